The van der Waals surface area contributed by atoms with Crippen molar-refractivity contribution in [3.63, 3.8) is 0 Å². The molecule has 2 heterocycles. The smallest absolute Gasteiger partial charge is 0.324 e. The molecule has 4 rings (SSSR count). The first-order valence-electron chi connectivity index (χ1n) is 8.77. The number of thioether (sulfide) groups is 1. The predicted molar refractivity (Wildman–Crippen MR) is 106 cm³/mol. The summed E-state index contributed by atoms with van der Waals surface area (Å²) in [5.41, 5.74) is 2.14. The van der Waals surface area contributed by atoms with Gasteiger partial charge in [-0.05, 0) is 38.1 Å². The Morgan fingerprint density at radius 1 is 1.04 bits per heavy atom. The number of rotatable bonds is 5. The normalized spacial score (nSPS) is 16.1. The van der Waals surface area contributed by atoms with Crippen LogP contribution in [0.15, 0.2) is 59.8 Å². The van der Waals surface area contributed by atoms with E-state index in [1.54, 1.807) is 13.8 Å². The number of aromatic nitrogens is 2. The number of nitrogens with one attached hydrogen (secondary N) is 1. The van der Waals surface area contributed by atoms with Gasteiger partial charge in [0.15, 0.2) is 5.16 Å². The Morgan fingerprint density at radius 3 is 2.44 bits per heavy atom. The summed E-state index contributed by atoms with van der Waals surface area (Å²) in [6.07, 6.45) is 0. The fourth-order valence-electron chi connectivity index (χ4n) is 3.18. The van der Waals surface area contributed by atoms with Gasteiger partial charge in [0.2, 0.25) is 0 Å². The highest BCUT2D eigenvalue weighted by Gasteiger charge is 2.43. The molecule has 1 aliphatic heterocycles. The number of amides is 3. The van der Waals surface area contributed by atoms with Crippen molar-refractivity contribution in [1.82, 2.24) is 19.8 Å². The van der Waals surface area contributed by atoms with Crippen molar-refractivity contribution >= 4 is 34.7 Å². The minimum absolute atomic E-state index is 0.190. The van der Waals surface area contributed by atoms with E-state index in [9.17, 15) is 9.59 Å². The highest BCUT2D eigenvalue weighted by Crippen LogP contribution is 2.28. The zero-order chi connectivity index (χ0) is 19.0. The van der Waals surface area contributed by atoms with E-state index in [0.29, 0.717) is 12.3 Å². The number of hydrogen-bond donors (Lipinski definition) is 1. The second-order valence-electron chi connectivity index (χ2n) is 6.91. The van der Waals surface area contributed by atoms with Crippen LogP contribution < -0.4 is 5.32 Å². The van der Waals surface area contributed by atoms with Crippen molar-refractivity contribution in [1.29, 1.82) is 0 Å². The first kappa shape index (κ1) is 17.6. The Bertz CT molecular complexity index is 1010. The van der Waals surface area contributed by atoms with Crippen LogP contribution in [0.1, 0.15) is 13.8 Å². The molecule has 7 heteroatoms. The number of urea groups is 1. The highest BCUT2D eigenvalue weighted by molar-refractivity contribution is 7.99. The van der Waals surface area contributed by atoms with Crippen LogP contribution in [0.4, 0.5) is 4.79 Å². The minimum Gasteiger partial charge on any atom is -0.324 e. The van der Waals surface area contributed by atoms with Gasteiger partial charge in [0, 0.05) is 18.0 Å². The van der Waals surface area contributed by atoms with Crippen LogP contribution in [0.3, 0.4) is 0 Å². The summed E-state index contributed by atoms with van der Waals surface area (Å²) < 4.78 is 2.11. The number of imide groups is 1. The van der Waals surface area contributed by atoms with Crippen molar-refractivity contribution in [3.05, 3.63) is 54.6 Å². The SMILES string of the molecule is CC1(C)NC(=O)N(CCSc2nc3ccccc3n2-c2ccccc2)C1=O. The van der Waals surface area contributed by atoms with Gasteiger partial charge in [0.1, 0.15) is 5.54 Å². The van der Waals surface area contributed by atoms with E-state index in [4.69, 9.17) is 4.98 Å². The third-order valence-corrected chi connectivity index (χ3v) is 5.45. The molecular formula is C20H20N4O2S. The Labute approximate surface area is 161 Å². The molecule has 1 saturated heterocycles. The van der Waals surface area contributed by atoms with Crippen LogP contribution in [0, 0.1) is 0 Å². The van der Waals surface area contributed by atoms with E-state index in [1.165, 1.54) is 16.7 Å². The van der Waals surface area contributed by atoms with Crippen molar-refractivity contribution < 1.29 is 9.59 Å². The lowest BCUT2D eigenvalue weighted by Gasteiger charge is -2.15. The average Bonchev–Trinajstić information content (AvgIpc) is 3.11. The minimum atomic E-state index is -0.834. The van der Waals surface area contributed by atoms with Crippen LogP contribution in [-0.2, 0) is 4.79 Å². The quantitative estimate of drug-likeness (QED) is 0.544. The molecule has 0 atom stereocenters. The van der Waals surface area contributed by atoms with Crippen molar-refractivity contribution in [2.24, 2.45) is 0 Å². The van der Waals surface area contributed by atoms with Gasteiger partial charge in [-0.25, -0.2) is 9.78 Å². The molecule has 1 aromatic heterocycles. The first-order valence-corrected chi connectivity index (χ1v) is 9.76. The largest absolute Gasteiger partial charge is 0.325 e. The Balaban J connectivity index is 1.58. The molecule has 3 aromatic rings. The number of imidazole rings is 1. The summed E-state index contributed by atoms with van der Waals surface area (Å²) in [7, 11) is 0. The zero-order valence-corrected chi connectivity index (χ0v) is 16.0. The number of hydrogen-bond acceptors (Lipinski definition) is 4. The molecular weight excluding hydrogens is 360 g/mol. The average molecular weight is 380 g/mol. The number of benzene rings is 2. The van der Waals surface area contributed by atoms with Gasteiger partial charge in [0.25, 0.3) is 5.91 Å². The third-order valence-electron chi connectivity index (χ3n) is 4.53. The second kappa shape index (κ2) is 6.74. The van der Waals surface area contributed by atoms with Crippen molar-refractivity contribution in [2.45, 2.75) is 24.5 Å². The van der Waals surface area contributed by atoms with Crippen molar-refractivity contribution in [3.8, 4) is 5.69 Å². The summed E-state index contributed by atoms with van der Waals surface area (Å²) in [4.78, 5) is 30.4. The molecule has 1 fully saturated rings. The molecule has 27 heavy (non-hydrogen) atoms. The van der Waals surface area contributed by atoms with Gasteiger partial charge in [-0.2, -0.15) is 0 Å². The summed E-state index contributed by atoms with van der Waals surface area (Å²) in [5, 5.41) is 3.55. The summed E-state index contributed by atoms with van der Waals surface area (Å²) in [5.74, 6) is 0.385. The molecule has 2 aromatic carbocycles. The number of fused-ring (bicyclic) bond motifs is 1. The standard InChI is InChI=1S/C20H20N4O2S/c1-20(2)17(25)23(18(26)22-20)12-13-27-19-21-15-10-6-7-11-16(15)24(19)14-8-4-3-5-9-14/h3-11H,12-13H2,1-2H3,(H,22,26). The van der Waals surface area contributed by atoms with E-state index in [0.717, 1.165) is 21.9 Å². The van der Waals surface area contributed by atoms with Crippen LogP contribution in [0.25, 0.3) is 16.7 Å². The zero-order valence-electron chi connectivity index (χ0n) is 15.2. The van der Waals surface area contributed by atoms with Gasteiger partial charge >= 0.3 is 6.03 Å². The number of para-hydroxylation sites is 3. The lowest BCUT2D eigenvalue weighted by Crippen LogP contribution is -2.40. The molecule has 1 N–H and O–H groups in total. The van der Waals surface area contributed by atoms with Gasteiger partial charge in [-0.3, -0.25) is 14.3 Å². The molecule has 1 aliphatic rings. The van der Waals surface area contributed by atoms with Crippen LogP contribution in [0.2, 0.25) is 0 Å². The Kier molecular flexibility index (Phi) is 4.39. The van der Waals surface area contributed by atoms with Crippen LogP contribution >= 0.6 is 11.8 Å². The molecule has 3 amide bonds. The third kappa shape index (κ3) is 3.19. The van der Waals surface area contributed by atoms with Crippen LogP contribution in [0.5, 0.6) is 0 Å². The maximum absolute atomic E-state index is 12.3. The molecule has 138 valence electrons. The van der Waals surface area contributed by atoms with E-state index in [1.807, 2.05) is 54.6 Å². The van der Waals surface area contributed by atoms with Crippen LogP contribution in [-0.4, -0.2) is 44.2 Å². The summed E-state index contributed by atoms with van der Waals surface area (Å²) in [6.45, 7) is 3.78. The fourth-order valence-corrected chi connectivity index (χ4v) is 4.13. The first-order chi connectivity index (χ1) is 13.0. The number of carbonyl (C=O) groups excluding carboxylic acids is 2. The van der Waals surface area contributed by atoms with E-state index < -0.39 is 5.54 Å². The Hall–Kier alpha value is -2.80. The van der Waals surface area contributed by atoms with E-state index in [-0.39, 0.29) is 11.9 Å². The van der Waals surface area contributed by atoms with Crippen molar-refractivity contribution in [2.75, 3.05) is 12.3 Å². The molecule has 0 radical (unpaired) electrons. The number of nitrogens with zero attached hydrogens (tertiary/aromatic N) is 3. The topological polar surface area (TPSA) is 67.2 Å². The molecule has 0 aliphatic carbocycles. The fraction of sp³-hybridized carbons (Fsp3) is 0.250. The van der Waals surface area contributed by atoms with Gasteiger partial charge in [0.05, 0.1) is 11.0 Å². The molecule has 0 bridgehead atoms. The maximum atomic E-state index is 12.3. The number of carbonyl (C=O) groups is 2. The predicted octanol–water partition coefficient (Wildman–Crippen LogP) is 3.45. The van der Waals surface area contributed by atoms with Gasteiger partial charge in [-0.1, -0.05) is 42.1 Å². The second-order valence-corrected chi connectivity index (χ2v) is 7.98. The lowest BCUT2D eigenvalue weighted by molar-refractivity contribution is -0.130. The monoisotopic (exact) mass is 380 g/mol. The maximum Gasteiger partial charge on any atom is 0.325 e. The summed E-state index contributed by atoms with van der Waals surface area (Å²) >= 11 is 1.54. The van der Waals surface area contributed by atoms with E-state index >= 15 is 0 Å². The molecule has 6 nitrogen and oxygen atoms in total. The van der Waals surface area contributed by atoms with Gasteiger partial charge < -0.3 is 5.32 Å². The summed E-state index contributed by atoms with van der Waals surface area (Å²) in [6, 6.07) is 17.7. The molecule has 0 saturated carbocycles. The lowest BCUT2D eigenvalue weighted by atomic mass is 10.1. The highest BCUT2D eigenvalue weighted by atomic mass is 32.2. The van der Waals surface area contributed by atoms with Gasteiger partial charge in [-0.15, -0.1) is 0 Å². The van der Waals surface area contributed by atoms with E-state index in [2.05, 4.69) is 9.88 Å². The molecule has 0 spiro atoms. The molecule has 0 unspecified atom stereocenters. The Morgan fingerprint density at radius 2 is 1.74 bits per heavy atom.